The molecule has 0 saturated carbocycles. The molecule has 1 heterocycles. The van der Waals surface area contributed by atoms with Gasteiger partial charge in [0.05, 0.1) is 25.3 Å². The van der Waals surface area contributed by atoms with Crippen LogP contribution in [0.4, 0.5) is 0 Å². The first-order valence-electron chi connectivity index (χ1n) is 6.73. The SMILES string of the molecule is CCOc1ccccc1CCC(=O)N1CC(C)(O)C1. The molecule has 1 aromatic rings. The Kier molecular flexibility index (Phi) is 4.10. The van der Waals surface area contributed by atoms with Gasteiger partial charge in [-0.3, -0.25) is 4.79 Å². The Labute approximate surface area is 114 Å². The predicted octanol–water partition coefficient (Wildman–Crippen LogP) is 1.61. The van der Waals surface area contributed by atoms with Crippen LogP contribution in [0.1, 0.15) is 25.8 Å². The molecule has 1 saturated heterocycles. The molecule has 1 fully saturated rings. The van der Waals surface area contributed by atoms with E-state index in [4.69, 9.17) is 4.74 Å². The third-order valence-electron chi connectivity index (χ3n) is 3.30. The first kappa shape index (κ1) is 13.9. The number of carbonyl (C=O) groups excluding carboxylic acids is 1. The molecule has 1 aliphatic heterocycles. The molecule has 1 N–H and O–H groups in total. The van der Waals surface area contributed by atoms with Crippen molar-refractivity contribution in [3.63, 3.8) is 0 Å². The molecule has 0 bridgehead atoms. The second-order valence-electron chi connectivity index (χ2n) is 5.29. The molecule has 1 amide bonds. The Morgan fingerprint density at radius 2 is 2.11 bits per heavy atom. The summed E-state index contributed by atoms with van der Waals surface area (Å²) in [6, 6.07) is 7.81. The van der Waals surface area contributed by atoms with E-state index in [9.17, 15) is 9.90 Å². The summed E-state index contributed by atoms with van der Waals surface area (Å²) in [6.45, 7) is 5.21. The zero-order valence-corrected chi connectivity index (χ0v) is 11.6. The molecule has 2 rings (SSSR count). The summed E-state index contributed by atoms with van der Waals surface area (Å²) >= 11 is 0. The summed E-state index contributed by atoms with van der Waals surface area (Å²) in [7, 11) is 0. The van der Waals surface area contributed by atoms with E-state index in [-0.39, 0.29) is 5.91 Å². The number of aliphatic hydroxyl groups is 1. The van der Waals surface area contributed by atoms with E-state index in [1.54, 1.807) is 11.8 Å². The first-order valence-corrected chi connectivity index (χ1v) is 6.73. The maximum Gasteiger partial charge on any atom is 0.223 e. The standard InChI is InChI=1S/C15H21NO3/c1-3-19-13-7-5-4-6-12(13)8-9-14(17)16-10-15(2,18)11-16/h4-7,18H,3,8-11H2,1-2H3. The minimum absolute atomic E-state index is 0.0952. The van der Waals surface area contributed by atoms with Gasteiger partial charge in [0, 0.05) is 6.42 Å². The molecule has 0 unspecified atom stereocenters. The van der Waals surface area contributed by atoms with Gasteiger partial charge in [0.2, 0.25) is 5.91 Å². The fraction of sp³-hybridized carbons (Fsp3) is 0.533. The highest BCUT2D eigenvalue weighted by Crippen LogP contribution is 2.23. The van der Waals surface area contributed by atoms with Gasteiger partial charge in [-0.15, -0.1) is 0 Å². The van der Waals surface area contributed by atoms with Crippen LogP contribution < -0.4 is 4.74 Å². The monoisotopic (exact) mass is 263 g/mol. The number of β-amino-alcohol motifs (C(OH)–C–C–N with tert-alkyl or cyclic N) is 1. The van der Waals surface area contributed by atoms with Crippen molar-refractivity contribution >= 4 is 5.91 Å². The average Bonchev–Trinajstić information content (AvgIpc) is 2.35. The van der Waals surface area contributed by atoms with Crippen LogP contribution in [-0.2, 0) is 11.2 Å². The lowest BCUT2D eigenvalue weighted by Gasteiger charge is -2.44. The van der Waals surface area contributed by atoms with E-state index >= 15 is 0 Å². The second kappa shape index (κ2) is 5.61. The van der Waals surface area contributed by atoms with E-state index in [1.807, 2.05) is 31.2 Å². The highest BCUT2D eigenvalue weighted by molar-refractivity contribution is 5.77. The number of likely N-dealkylation sites (tertiary alicyclic amines) is 1. The molecule has 1 aliphatic rings. The topological polar surface area (TPSA) is 49.8 Å². The number of amides is 1. The predicted molar refractivity (Wildman–Crippen MR) is 73.1 cm³/mol. The van der Waals surface area contributed by atoms with Gasteiger partial charge in [-0.2, -0.15) is 0 Å². The quantitative estimate of drug-likeness (QED) is 0.878. The molecular weight excluding hydrogens is 242 g/mol. The Hall–Kier alpha value is -1.55. The fourth-order valence-electron chi connectivity index (χ4n) is 2.36. The Balaban J connectivity index is 1.87. The van der Waals surface area contributed by atoms with E-state index in [2.05, 4.69) is 0 Å². The molecule has 0 atom stereocenters. The van der Waals surface area contributed by atoms with Gasteiger partial charge < -0.3 is 14.7 Å². The Morgan fingerprint density at radius 3 is 2.74 bits per heavy atom. The second-order valence-corrected chi connectivity index (χ2v) is 5.29. The van der Waals surface area contributed by atoms with Crippen LogP contribution in [0.3, 0.4) is 0 Å². The number of rotatable bonds is 5. The van der Waals surface area contributed by atoms with Gasteiger partial charge >= 0.3 is 0 Å². The molecule has 0 aromatic heterocycles. The van der Waals surface area contributed by atoms with E-state index < -0.39 is 5.60 Å². The molecule has 0 aliphatic carbocycles. The van der Waals surface area contributed by atoms with Crippen LogP contribution in [-0.4, -0.2) is 41.2 Å². The van der Waals surface area contributed by atoms with Crippen molar-refractivity contribution in [2.75, 3.05) is 19.7 Å². The van der Waals surface area contributed by atoms with Crippen molar-refractivity contribution < 1.29 is 14.6 Å². The zero-order chi connectivity index (χ0) is 13.9. The molecule has 4 heteroatoms. The van der Waals surface area contributed by atoms with Crippen molar-refractivity contribution in [3.8, 4) is 5.75 Å². The lowest BCUT2D eigenvalue weighted by atomic mass is 9.96. The van der Waals surface area contributed by atoms with Gasteiger partial charge in [0.25, 0.3) is 0 Å². The number of carbonyl (C=O) groups is 1. The minimum Gasteiger partial charge on any atom is -0.494 e. The molecule has 1 aromatic carbocycles. The summed E-state index contributed by atoms with van der Waals surface area (Å²) in [5.74, 6) is 0.950. The van der Waals surface area contributed by atoms with E-state index in [0.717, 1.165) is 11.3 Å². The van der Waals surface area contributed by atoms with Crippen molar-refractivity contribution in [3.05, 3.63) is 29.8 Å². The van der Waals surface area contributed by atoms with Crippen LogP contribution >= 0.6 is 0 Å². The van der Waals surface area contributed by atoms with Crippen LogP contribution in [0.15, 0.2) is 24.3 Å². The lowest BCUT2D eigenvalue weighted by molar-refractivity contribution is -0.152. The molecule has 0 radical (unpaired) electrons. The van der Waals surface area contributed by atoms with Crippen molar-refractivity contribution in [1.29, 1.82) is 0 Å². The van der Waals surface area contributed by atoms with Crippen LogP contribution in [0.5, 0.6) is 5.75 Å². The zero-order valence-electron chi connectivity index (χ0n) is 11.6. The Morgan fingerprint density at radius 1 is 1.42 bits per heavy atom. The van der Waals surface area contributed by atoms with Crippen LogP contribution in [0.2, 0.25) is 0 Å². The van der Waals surface area contributed by atoms with Gasteiger partial charge in [-0.05, 0) is 31.9 Å². The molecule has 19 heavy (non-hydrogen) atoms. The van der Waals surface area contributed by atoms with Crippen LogP contribution in [0, 0.1) is 0 Å². The van der Waals surface area contributed by atoms with Crippen LogP contribution in [0.25, 0.3) is 0 Å². The van der Waals surface area contributed by atoms with Crippen molar-refractivity contribution in [2.45, 2.75) is 32.3 Å². The number of benzene rings is 1. The van der Waals surface area contributed by atoms with Gasteiger partial charge in [-0.1, -0.05) is 18.2 Å². The number of aryl methyl sites for hydroxylation is 1. The minimum atomic E-state index is -0.696. The number of ether oxygens (including phenoxy) is 1. The first-order chi connectivity index (χ1) is 9.02. The molecular formula is C15H21NO3. The summed E-state index contributed by atoms with van der Waals surface area (Å²) < 4.78 is 5.54. The normalized spacial score (nSPS) is 16.9. The third-order valence-corrected chi connectivity index (χ3v) is 3.30. The summed E-state index contributed by atoms with van der Waals surface area (Å²) in [5, 5.41) is 9.62. The van der Waals surface area contributed by atoms with Gasteiger partial charge in [0.15, 0.2) is 0 Å². The largest absolute Gasteiger partial charge is 0.494 e. The number of nitrogens with zero attached hydrogens (tertiary/aromatic N) is 1. The van der Waals surface area contributed by atoms with Crippen molar-refractivity contribution in [2.24, 2.45) is 0 Å². The number of para-hydroxylation sites is 1. The summed E-state index contributed by atoms with van der Waals surface area (Å²) in [5.41, 5.74) is 0.365. The average molecular weight is 263 g/mol. The van der Waals surface area contributed by atoms with Crippen molar-refractivity contribution in [1.82, 2.24) is 4.90 Å². The maximum absolute atomic E-state index is 11.9. The molecule has 104 valence electrons. The molecule has 0 spiro atoms. The maximum atomic E-state index is 11.9. The smallest absolute Gasteiger partial charge is 0.223 e. The highest BCUT2D eigenvalue weighted by atomic mass is 16.5. The summed E-state index contributed by atoms with van der Waals surface area (Å²) in [4.78, 5) is 13.6. The van der Waals surface area contributed by atoms with E-state index in [1.165, 1.54) is 0 Å². The van der Waals surface area contributed by atoms with E-state index in [0.29, 0.717) is 32.5 Å². The summed E-state index contributed by atoms with van der Waals surface area (Å²) in [6.07, 6.45) is 1.13. The Bertz CT molecular complexity index is 448. The van der Waals surface area contributed by atoms with Gasteiger partial charge in [0.1, 0.15) is 5.75 Å². The fourth-order valence-corrected chi connectivity index (χ4v) is 2.36. The third kappa shape index (κ3) is 3.47. The highest BCUT2D eigenvalue weighted by Gasteiger charge is 2.38. The lowest BCUT2D eigenvalue weighted by Crippen LogP contribution is -2.61. The number of hydrogen-bond donors (Lipinski definition) is 1. The van der Waals surface area contributed by atoms with Gasteiger partial charge in [-0.25, -0.2) is 0 Å². The number of hydrogen-bond acceptors (Lipinski definition) is 3. The molecule has 4 nitrogen and oxygen atoms in total.